The molecule has 1 heterocycles. The van der Waals surface area contributed by atoms with Crippen molar-refractivity contribution < 1.29 is 4.79 Å². The van der Waals surface area contributed by atoms with E-state index in [-0.39, 0.29) is 18.3 Å². The smallest absolute Gasteiger partial charge is 0.260 e. The van der Waals surface area contributed by atoms with Gasteiger partial charge < -0.3 is 4.90 Å². The van der Waals surface area contributed by atoms with Crippen LogP contribution in [0.4, 0.5) is 5.13 Å². The van der Waals surface area contributed by atoms with Crippen LogP contribution in [0.15, 0.2) is 41.3 Å². The fourth-order valence-corrected chi connectivity index (χ4v) is 4.51. The molecule has 0 aliphatic heterocycles. The van der Waals surface area contributed by atoms with Gasteiger partial charge in [-0.2, -0.15) is 0 Å². The topological polar surface area (TPSA) is 36.4 Å². The number of thioether (sulfide) groups is 1. The Morgan fingerprint density at radius 1 is 1.07 bits per heavy atom. The van der Waals surface area contributed by atoms with Crippen LogP contribution in [0.2, 0.25) is 0 Å². The van der Waals surface area contributed by atoms with Gasteiger partial charge in [0.1, 0.15) is 0 Å². The van der Waals surface area contributed by atoms with Gasteiger partial charge in [0, 0.05) is 17.0 Å². The molecule has 4 nitrogen and oxygen atoms in total. The number of hydrogen-bond donors (Lipinski definition) is 0. The maximum atomic E-state index is 13.3. The van der Waals surface area contributed by atoms with Crippen LogP contribution in [0.5, 0.6) is 0 Å². The Bertz CT molecular complexity index is 970. The molecule has 0 radical (unpaired) electrons. The Morgan fingerprint density at radius 2 is 1.76 bits per heavy atom. The second-order valence-electron chi connectivity index (χ2n) is 7.19. The summed E-state index contributed by atoms with van der Waals surface area (Å²) in [4.78, 5) is 23.3. The summed E-state index contributed by atoms with van der Waals surface area (Å²) in [6.45, 7) is 5.78. The SMILES string of the molecule is CSc1ccc(C(=O)N(CCCN(C)C)c2nc3c(C)c(C)ccc3s2)cc1.Cl. The summed E-state index contributed by atoms with van der Waals surface area (Å²) in [5.74, 6) is 0.0137. The molecule has 0 N–H and O–H groups in total. The Hall–Kier alpha value is -1.60. The van der Waals surface area contributed by atoms with Gasteiger partial charge >= 0.3 is 0 Å². The molecule has 156 valence electrons. The van der Waals surface area contributed by atoms with E-state index in [0.717, 1.165) is 33.2 Å². The van der Waals surface area contributed by atoms with Gasteiger partial charge in [0.2, 0.25) is 0 Å². The maximum Gasteiger partial charge on any atom is 0.260 e. The zero-order chi connectivity index (χ0) is 20.3. The van der Waals surface area contributed by atoms with Gasteiger partial charge in [-0.25, -0.2) is 4.98 Å². The number of amides is 1. The molecule has 2 aromatic carbocycles. The first-order valence-electron chi connectivity index (χ1n) is 9.38. The highest BCUT2D eigenvalue weighted by Crippen LogP contribution is 2.33. The fraction of sp³-hybridized carbons (Fsp3) is 0.364. The van der Waals surface area contributed by atoms with Crippen molar-refractivity contribution in [1.29, 1.82) is 0 Å². The minimum absolute atomic E-state index is 0. The second-order valence-corrected chi connectivity index (χ2v) is 9.08. The van der Waals surface area contributed by atoms with E-state index in [1.54, 1.807) is 23.1 Å². The highest BCUT2D eigenvalue weighted by atomic mass is 35.5. The molecule has 0 fully saturated rings. The summed E-state index contributed by atoms with van der Waals surface area (Å²) >= 11 is 3.27. The Morgan fingerprint density at radius 3 is 2.38 bits per heavy atom. The third kappa shape index (κ3) is 5.51. The summed E-state index contributed by atoms with van der Waals surface area (Å²) in [6, 6.07) is 12.1. The van der Waals surface area contributed by atoms with Crippen molar-refractivity contribution in [3.63, 3.8) is 0 Å². The molecule has 1 aromatic heterocycles. The largest absolute Gasteiger partial charge is 0.309 e. The number of halogens is 1. The number of thiazole rings is 1. The zero-order valence-electron chi connectivity index (χ0n) is 17.6. The van der Waals surface area contributed by atoms with Crippen molar-refractivity contribution in [2.24, 2.45) is 0 Å². The van der Waals surface area contributed by atoms with Crippen molar-refractivity contribution in [2.45, 2.75) is 25.2 Å². The molecular formula is C22H28ClN3OS2. The summed E-state index contributed by atoms with van der Waals surface area (Å²) in [5.41, 5.74) is 4.12. The number of anilines is 1. The second kappa shape index (κ2) is 10.4. The number of hydrogen-bond acceptors (Lipinski definition) is 5. The standard InChI is InChI=1S/C22H27N3OS2.ClH/c1-15-7-12-19-20(16(15)2)23-22(28-19)25(14-6-13-24(3)4)21(26)17-8-10-18(27-5)11-9-17;/h7-12H,6,13-14H2,1-5H3;1H. The van der Waals surface area contributed by atoms with E-state index in [1.165, 1.54) is 11.1 Å². The molecule has 29 heavy (non-hydrogen) atoms. The van der Waals surface area contributed by atoms with E-state index in [9.17, 15) is 4.79 Å². The van der Waals surface area contributed by atoms with Gasteiger partial charge in [-0.05, 0) is 88.6 Å². The summed E-state index contributed by atoms with van der Waals surface area (Å²) < 4.78 is 1.13. The third-order valence-electron chi connectivity index (χ3n) is 4.87. The minimum Gasteiger partial charge on any atom is -0.309 e. The Balaban J connectivity index is 0.00000300. The zero-order valence-corrected chi connectivity index (χ0v) is 20.0. The highest BCUT2D eigenvalue weighted by molar-refractivity contribution is 7.98. The van der Waals surface area contributed by atoms with E-state index in [4.69, 9.17) is 4.98 Å². The van der Waals surface area contributed by atoms with Crippen molar-refractivity contribution >= 4 is 56.8 Å². The first-order chi connectivity index (χ1) is 13.4. The first-order valence-corrected chi connectivity index (χ1v) is 11.4. The minimum atomic E-state index is 0. The van der Waals surface area contributed by atoms with Gasteiger partial charge in [-0.3, -0.25) is 9.69 Å². The number of benzene rings is 2. The molecule has 0 saturated heterocycles. The molecular weight excluding hydrogens is 422 g/mol. The van der Waals surface area contributed by atoms with Gasteiger partial charge in [0.25, 0.3) is 5.91 Å². The van der Waals surface area contributed by atoms with Crippen LogP contribution in [0.1, 0.15) is 27.9 Å². The molecule has 0 unspecified atom stereocenters. The number of carbonyl (C=O) groups is 1. The van der Waals surface area contributed by atoms with E-state index in [1.807, 2.05) is 35.4 Å². The predicted molar refractivity (Wildman–Crippen MR) is 129 cm³/mol. The van der Waals surface area contributed by atoms with Crippen molar-refractivity contribution in [1.82, 2.24) is 9.88 Å². The number of carbonyl (C=O) groups excluding carboxylic acids is 1. The number of aromatic nitrogens is 1. The van der Waals surface area contributed by atoms with Crippen LogP contribution in [-0.2, 0) is 0 Å². The van der Waals surface area contributed by atoms with Crippen LogP contribution < -0.4 is 4.90 Å². The molecule has 0 saturated carbocycles. The predicted octanol–water partition coefficient (Wildman–Crippen LogP) is 5.66. The van der Waals surface area contributed by atoms with Crippen molar-refractivity contribution in [3.05, 3.63) is 53.1 Å². The van der Waals surface area contributed by atoms with Gasteiger partial charge in [-0.1, -0.05) is 17.4 Å². The third-order valence-corrected chi connectivity index (χ3v) is 6.66. The normalized spacial score (nSPS) is 11.0. The monoisotopic (exact) mass is 449 g/mol. The average Bonchev–Trinajstić information content (AvgIpc) is 3.12. The molecule has 7 heteroatoms. The molecule has 0 atom stereocenters. The Kier molecular flexibility index (Phi) is 8.52. The van der Waals surface area contributed by atoms with E-state index >= 15 is 0 Å². The van der Waals surface area contributed by atoms with E-state index in [0.29, 0.717) is 12.1 Å². The van der Waals surface area contributed by atoms with Crippen LogP contribution in [0.3, 0.4) is 0 Å². The molecule has 0 bridgehead atoms. The summed E-state index contributed by atoms with van der Waals surface area (Å²) in [5, 5.41) is 0.779. The maximum absolute atomic E-state index is 13.3. The van der Waals surface area contributed by atoms with Crippen molar-refractivity contribution in [3.8, 4) is 0 Å². The van der Waals surface area contributed by atoms with Crippen LogP contribution in [-0.4, -0.2) is 49.2 Å². The van der Waals surface area contributed by atoms with Gasteiger partial charge in [0.15, 0.2) is 5.13 Å². The molecule has 3 rings (SSSR count). The number of nitrogens with zero attached hydrogens (tertiary/aromatic N) is 3. The lowest BCUT2D eigenvalue weighted by atomic mass is 10.1. The Labute approximate surface area is 187 Å². The average molecular weight is 450 g/mol. The van der Waals surface area contributed by atoms with E-state index in [2.05, 4.69) is 45.0 Å². The molecule has 0 spiro atoms. The highest BCUT2D eigenvalue weighted by Gasteiger charge is 2.22. The quantitative estimate of drug-likeness (QED) is 0.436. The van der Waals surface area contributed by atoms with Crippen LogP contribution >= 0.6 is 35.5 Å². The van der Waals surface area contributed by atoms with Gasteiger partial charge in [0.05, 0.1) is 10.2 Å². The number of aryl methyl sites for hydroxylation is 2. The van der Waals surface area contributed by atoms with Crippen LogP contribution in [0.25, 0.3) is 10.2 Å². The van der Waals surface area contributed by atoms with E-state index < -0.39 is 0 Å². The lowest BCUT2D eigenvalue weighted by molar-refractivity contribution is 0.0986. The van der Waals surface area contributed by atoms with Crippen molar-refractivity contribution in [2.75, 3.05) is 38.3 Å². The fourth-order valence-electron chi connectivity index (χ4n) is 3.05. The van der Waals surface area contributed by atoms with Gasteiger partial charge in [-0.15, -0.1) is 24.2 Å². The van der Waals surface area contributed by atoms with Crippen LogP contribution in [0, 0.1) is 13.8 Å². The number of fused-ring (bicyclic) bond motifs is 1. The number of rotatable bonds is 7. The lowest BCUT2D eigenvalue weighted by Crippen LogP contribution is -2.33. The molecule has 0 aliphatic rings. The molecule has 1 amide bonds. The summed E-state index contributed by atoms with van der Waals surface area (Å²) in [6.07, 6.45) is 2.94. The molecule has 3 aromatic rings. The first kappa shape index (κ1) is 23.7. The summed E-state index contributed by atoms with van der Waals surface area (Å²) in [7, 11) is 4.11. The lowest BCUT2D eigenvalue weighted by Gasteiger charge is -2.21. The molecule has 0 aliphatic carbocycles.